The van der Waals surface area contributed by atoms with Gasteiger partial charge < -0.3 is 15.0 Å². The fraction of sp³-hybridized carbons (Fsp3) is 0.350. The van der Waals surface area contributed by atoms with Crippen LogP contribution in [0.3, 0.4) is 0 Å². The fourth-order valence-corrected chi connectivity index (χ4v) is 2.65. The van der Waals surface area contributed by atoms with E-state index in [-0.39, 0.29) is 18.3 Å². The SMILES string of the molecule is COc1ccc(N(Cc2ccccc2)C(=O)CNCC2CC2)cc1.Cl. The van der Waals surface area contributed by atoms with Gasteiger partial charge in [-0.2, -0.15) is 0 Å². The smallest absolute Gasteiger partial charge is 0.241 e. The zero-order chi connectivity index (χ0) is 16.8. The van der Waals surface area contributed by atoms with Crippen LogP contribution in [0.2, 0.25) is 0 Å². The van der Waals surface area contributed by atoms with Crippen LogP contribution in [0.25, 0.3) is 0 Å². The summed E-state index contributed by atoms with van der Waals surface area (Å²) in [6.07, 6.45) is 2.57. The first-order valence-corrected chi connectivity index (χ1v) is 8.45. The molecule has 2 aromatic rings. The van der Waals surface area contributed by atoms with Gasteiger partial charge in [0.05, 0.1) is 20.2 Å². The van der Waals surface area contributed by atoms with Crippen LogP contribution in [-0.2, 0) is 11.3 Å². The fourth-order valence-electron chi connectivity index (χ4n) is 2.65. The molecule has 1 saturated carbocycles. The maximum Gasteiger partial charge on any atom is 0.241 e. The molecular weight excluding hydrogens is 336 g/mol. The molecule has 0 spiro atoms. The number of methoxy groups -OCH3 is 1. The number of carbonyl (C=O) groups is 1. The van der Waals surface area contributed by atoms with Crippen LogP contribution in [-0.4, -0.2) is 26.1 Å². The average molecular weight is 361 g/mol. The van der Waals surface area contributed by atoms with Gasteiger partial charge in [-0.1, -0.05) is 30.3 Å². The Bertz CT molecular complexity index is 657. The van der Waals surface area contributed by atoms with Gasteiger partial charge in [0.25, 0.3) is 0 Å². The first-order valence-electron chi connectivity index (χ1n) is 8.45. The largest absolute Gasteiger partial charge is 0.497 e. The predicted molar refractivity (Wildman–Crippen MR) is 103 cm³/mol. The lowest BCUT2D eigenvalue weighted by molar-refractivity contribution is -0.117. The maximum atomic E-state index is 12.7. The normalized spacial score (nSPS) is 13.0. The molecule has 4 nitrogen and oxygen atoms in total. The van der Waals surface area contributed by atoms with Gasteiger partial charge in [-0.15, -0.1) is 12.4 Å². The van der Waals surface area contributed by atoms with Gasteiger partial charge in [0.2, 0.25) is 5.91 Å². The van der Waals surface area contributed by atoms with E-state index in [9.17, 15) is 4.79 Å². The Kier molecular flexibility index (Phi) is 7.29. The molecule has 0 atom stereocenters. The second kappa shape index (κ2) is 9.44. The highest BCUT2D eigenvalue weighted by atomic mass is 35.5. The number of hydrogen-bond acceptors (Lipinski definition) is 3. The third-order valence-electron chi connectivity index (χ3n) is 4.27. The van der Waals surface area contributed by atoms with E-state index in [2.05, 4.69) is 5.32 Å². The van der Waals surface area contributed by atoms with Gasteiger partial charge >= 0.3 is 0 Å². The molecule has 0 aliphatic heterocycles. The number of benzene rings is 2. The first-order chi connectivity index (χ1) is 11.8. The topological polar surface area (TPSA) is 41.6 Å². The second-order valence-electron chi connectivity index (χ2n) is 6.24. The van der Waals surface area contributed by atoms with Gasteiger partial charge in [0.15, 0.2) is 0 Å². The Morgan fingerprint density at radius 3 is 2.40 bits per heavy atom. The number of rotatable bonds is 8. The van der Waals surface area contributed by atoms with Crippen molar-refractivity contribution in [3.05, 3.63) is 60.2 Å². The Balaban J connectivity index is 0.00000225. The van der Waals surface area contributed by atoms with E-state index in [1.165, 1.54) is 12.8 Å². The first kappa shape index (κ1) is 19.3. The van der Waals surface area contributed by atoms with Crippen molar-refractivity contribution in [2.45, 2.75) is 19.4 Å². The summed E-state index contributed by atoms with van der Waals surface area (Å²) in [4.78, 5) is 14.6. The number of carbonyl (C=O) groups excluding carboxylic acids is 1. The predicted octanol–water partition coefficient (Wildman–Crippen LogP) is 3.65. The number of ether oxygens (including phenoxy) is 1. The summed E-state index contributed by atoms with van der Waals surface area (Å²) < 4.78 is 5.21. The Hall–Kier alpha value is -2.04. The molecule has 3 rings (SSSR count). The van der Waals surface area contributed by atoms with Crippen molar-refractivity contribution in [2.24, 2.45) is 5.92 Å². The van der Waals surface area contributed by atoms with Crippen molar-refractivity contribution in [3.8, 4) is 5.75 Å². The Morgan fingerprint density at radius 1 is 1.12 bits per heavy atom. The van der Waals surface area contributed by atoms with Gasteiger partial charge in [-0.3, -0.25) is 4.79 Å². The van der Waals surface area contributed by atoms with Crippen molar-refractivity contribution in [1.82, 2.24) is 5.32 Å². The van der Waals surface area contributed by atoms with Crippen LogP contribution in [0.4, 0.5) is 5.69 Å². The van der Waals surface area contributed by atoms with E-state index in [0.29, 0.717) is 13.1 Å². The van der Waals surface area contributed by atoms with Gasteiger partial charge in [-0.05, 0) is 55.1 Å². The standard InChI is InChI=1S/C20H24N2O2.ClH/c1-24-19-11-9-18(10-12-19)22(15-17-5-3-2-4-6-17)20(23)14-21-13-16-7-8-16;/h2-6,9-12,16,21H,7-8,13-15H2,1H3;1H. The van der Waals surface area contributed by atoms with E-state index in [1.807, 2.05) is 59.5 Å². The number of hydrogen-bond donors (Lipinski definition) is 1. The van der Waals surface area contributed by atoms with Crippen molar-refractivity contribution in [1.29, 1.82) is 0 Å². The molecule has 1 aliphatic rings. The molecule has 1 fully saturated rings. The number of nitrogens with one attached hydrogen (secondary N) is 1. The second-order valence-corrected chi connectivity index (χ2v) is 6.24. The molecule has 0 heterocycles. The van der Waals surface area contributed by atoms with Crippen LogP contribution in [0.5, 0.6) is 5.75 Å². The van der Waals surface area contributed by atoms with E-state index in [4.69, 9.17) is 4.74 Å². The van der Waals surface area contributed by atoms with E-state index in [1.54, 1.807) is 7.11 Å². The molecule has 0 aromatic heterocycles. The maximum absolute atomic E-state index is 12.7. The Morgan fingerprint density at radius 2 is 1.80 bits per heavy atom. The lowest BCUT2D eigenvalue weighted by atomic mass is 10.2. The highest BCUT2D eigenvalue weighted by Gasteiger charge is 2.22. The molecule has 0 bridgehead atoms. The molecule has 0 saturated heterocycles. The highest BCUT2D eigenvalue weighted by molar-refractivity contribution is 5.94. The number of amides is 1. The van der Waals surface area contributed by atoms with E-state index in [0.717, 1.165) is 29.5 Å². The number of anilines is 1. The quantitative estimate of drug-likeness (QED) is 0.781. The molecule has 1 amide bonds. The van der Waals surface area contributed by atoms with Crippen LogP contribution in [0.1, 0.15) is 18.4 Å². The van der Waals surface area contributed by atoms with Gasteiger partial charge in [-0.25, -0.2) is 0 Å². The van der Waals surface area contributed by atoms with Gasteiger partial charge in [0.1, 0.15) is 5.75 Å². The van der Waals surface area contributed by atoms with Crippen LogP contribution >= 0.6 is 12.4 Å². The zero-order valence-corrected chi connectivity index (χ0v) is 15.3. The number of nitrogens with zero attached hydrogens (tertiary/aromatic N) is 1. The van der Waals surface area contributed by atoms with Crippen molar-refractivity contribution >= 4 is 24.0 Å². The minimum absolute atomic E-state index is 0. The van der Waals surface area contributed by atoms with E-state index >= 15 is 0 Å². The molecule has 134 valence electrons. The molecule has 0 radical (unpaired) electrons. The third-order valence-corrected chi connectivity index (χ3v) is 4.27. The minimum Gasteiger partial charge on any atom is -0.497 e. The lowest BCUT2D eigenvalue weighted by Gasteiger charge is -2.23. The van der Waals surface area contributed by atoms with Crippen molar-refractivity contribution < 1.29 is 9.53 Å². The van der Waals surface area contributed by atoms with Crippen molar-refractivity contribution in [2.75, 3.05) is 25.1 Å². The summed E-state index contributed by atoms with van der Waals surface area (Å²) in [5.74, 6) is 1.64. The average Bonchev–Trinajstić information content (AvgIpc) is 3.45. The summed E-state index contributed by atoms with van der Waals surface area (Å²) in [6, 6.07) is 17.7. The monoisotopic (exact) mass is 360 g/mol. The highest BCUT2D eigenvalue weighted by Crippen LogP contribution is 2.27. The minimum atomic E-state index is 0. The molecule has 25 heavy (non-hydrogen) atoms. The van der Waals surface area contributed by atoms with Crippen molar-refractivity contribution in [3.63, 3.8) is 0 Å². The molecule has 2 aromatic carbocycles. The van der Waals surface area contributed by atoms with Crippen LogP contribution < -0.4 is 15.0 Å². The summed E-state index contributed by atoms with van der Waals surface area (Å²) in [5.41, 5.74) is 2.00. The molecule has 1 N–H and O–H groups in total. The number of halogens is 1. The van der Waals surface area contributed by atoms with Crippen LogP contribution in [0, 0.1) is 5.92 Å². The summed E-state index contributed by atoms with van der Waals surface area (Å²) >= 11 is 0. The summed E-state index contributed by atoms with van der Waals surface area (Å²) in [7, 11) is 1.64. The summed E-state index contributed by atoms with van der Waals surface area (Å²) in [5, 5.41) is 3.29. The Labute approximate surface area is 155 Å². The molecular formula is C20H25ClN2O2. The molecule has 1 aliphatic carbocycles. The third kappa shape index (κ3) is 5.76. The van der Waals surface area contributed by atoms with Crippen LogP contribution in [0.15, 0.2) is 54.6 Å². The lowest BCUT2D eigenvalue weighted by Crippen LogP contribution is -2.38. The zero-order valence-electron chi connectivity index (χ0n) is 14.5. The molecule has 5 heteroatoms. The molecule has 0 unspecified atom stereocenters. The van der Waals surface area contributed by atoms with Gasteiger partial charge in [0, 0.05) is 5.69 Å². The summed E-state index contributed by atoms with van der Waals surface area (Å²) in [6.45, 7) is 1.88. The van der Waals surface area contributed by atoms with E-state index < -0.39 is 0 Å².